The fourth-order valence-corrected chi connectivity index (χ4v) is 1.02. The molecule has 0 heterocycles. The molecule has 0 bridgehead atoms. The monoisotopic (exact) mass is 233 g/mol. The molecule has 0 spiro atoms. The van der Waals surface area contributed by atoms with Crippen molar-refractivity contribution in [1.29, 1.82) is 5.26 Å². The fourth-order valence-electron chi connectivity index (χ4n) is 1.02. The number of hydrogen-bond donors (Lipinski definition) is 0. The van der Waals surface area contributed by atoms with E-state index >= 15 is 0 Å². The second kappa shape index (κ2) is 4.84. The smallest absolute Gasteiger partial charge is 0.422 e. The first-order valence-electron chi connectivity index (χ1n) is 4.27. The first-order chi connectivity index (χ1) is 7.42. The maximum Gasteiger partial charge on any atom is 0.422 e. The van der Waals surface area contributed by atoms with E-state index in [1.54, 1.807) is 6.07 Å². The number of nitriles is 1. The Morgan fingerprint density at radius 2 is 2.00 bits per heavy atom. The van der Waals surface area contributed by atoms with Crippen LogP contribution in [-0.2, 0) is 6.42 Å². The Kier molecular flexibility index (Phi) is 3.72. The van der Waals surface area contributed by atoms with Crippen molar-refractivity contribution in [3.63, 3.8) is 0 Å². The summed E-state index contributed by atoms with van der Waals surface area (Å²) in [5.74, 6) is -1.38. The molecule has 86 valence electrons. The summed E-state index contributed by atoms with van der Waals surface area (Å²) in [5, 5.41) is 8.37. The zero-order valence-electron chi connectivity index (χ0n) is 8.01. The van der Waals surface area contributed by atoms with Gasteiger partial charge >= 0.3 is 6.18 Å². The maximum atomic E-state index is 13.0. The average molecular weight is 233 g/mol. The summed E-state index contributed by atoms with van der Waals surface area (Å²) in [6.45, 7) is -1.56. The third-order valence-electron chi connectivity index (χ3n) is 1.67. The van der Waals surface area contributed by atoms with Crippen molar-refractivity contribution in [2.45, 2.75) is 12.6 Å². The fraction of sp³-hybridized carbons (Fsp3) is 0.300. The van der Waals surface area contributed by atoms with Crippen LogP contribution in [0.3, 0.4) is 0 Å². The molecular weight excluding hydrogens is 226 g/mol. The van der Waals surface area contributed by atoms with Crippen molar-refractivity contribution in [1.82, 2.24) is 0 Å². The van der Waals surface area contributed by atoms with Gasteiger partial charge in [0.05, 0.1) is 12.5 Å². The number of nitrogens with zero attached hydrogens (tertiary/aromatic N) is 1. The molecule has 0 saturated heterocycles. The van der Waals surface area contributed by atoms with Crippen LogP contribution in [-0.4, -0.2) is 12.8 Å². The minimum atomic E-state index is -4.52. The van der Waals surface area contributed by atoms with Crippen molar-refractivity contribution >= 4 is 0 Å². The van der Waals surface area contributed by atoms with E-state index in [1.807, 2.05) is 0 Å². The number of hydrogen-bond acceptors (Lipinski definition) is 2. The van der Waals surface area contributed by atoms with Crippen LogP contribution < -0.4 is 4.74 Å². The minimum Gasteiger partial charge on any atom is -0.481 e. The van der Waals surface area contributed by atoms with Crippen LogP contribution in [0.1, 0.15) is 5.56 Å². The summed E-state index contributed by atoms with van der Waals surface area (Å²) in [6, 6.07) is 5.18. The van der Waals surface area contributed by atoms with E-state index < -0.39 is 24.3 Å². The molecule has 0 aliphatic carbocycles. The molecule has 0 radical (unpaired) electrons. The number of halogens is 4. The van der Waals surface area contributed by atoms with E-state index in [0.29, 0.717) is 5.56 Å². The Balaban J connectivity index is 2.79. The highest BCUT2D eigenvalue weighted by Crippen LogP contribution is 2.22. The number of alkyl halides is 3. The van der Waals surface area contributed by atoms with Gasteiger partial charge in [0.2, 0.25) is 0 Å². The third kappa shape index (κ3) is 3.77. The van der Waals surface area contributed by atoms with Crippen molar-refractivity contribution in [3.05, 3.63) is 29.6 Å². The summed E-state index contributed by atoms with van der Waals surface area (Å²) in [4.78, 5) is 0. The topological polar surface area (TPSA) is 33.0 Å². The molecule has 0 amide bonds. The van der Waals surface area contributed by atoms with Gasteiger partial charge in [-0.2, -0.15) is 18.4 Å². The number of rotatable bonds is 3. The highest BCUT2D eigenvalue weighted by Gasteiger charge is 2.28. The Hall–Kier alpha value is -1.77. The molecule has 0 saturated carbocycles. The van der Waals surface area contributed by atoms with Gasteiger partial charge in [-0.05, 0) is 17.7 Å². The van der Waals surface area contributed by atoms with Crippen molar-refractivity contribution < 1.29 is 22.3 Å². The largest absolute Gasteiger partial charge is 0.481 e. The van der Waals surface area contributed by atoms with Crippen LogP contribution in [0.4, 0.5) is 17.6 Å². The Labute approximate surface area is 89.1 Å². The molecule has 1 rings (SSSR count). The van der Waals surface area contributed by atoms with E-state index in [-0.39, 0.29) is 6.42 Å². The van der Waals surface area contributed by atoms with Crippen LogP contribution in [0.5, 0.6) is 5.75 Å². The molecule has 0 aromatic heterocycles. The van der Waals surface area contributed by atoms with Crippen molar-refractivity contribution in [2.24, 2.45) is 0 Å². The zero-order chi connectivity index (χ0) is 12.2. The molecule has 0 unspecified atom stereocenters. The van der Waals surface area contributed by atoms with Crippen LogP contribution >= 0.6 is 0 Å². The van der Waals surface area contributed by atoms with Crippen LogP contribution in [0.15, 0.2) is 18.2 Å². The van der Waals surface area contributed by atoms with E-state index in [0.717, 1.165) is 12.1 Å². The maximum absolute atomic E-state index is 13.0. The predicted octanol–water partition coefficient (Wildman–Crippen LogP) is 2.83. The number of ether oxygens (including phenoxy) is 1. The molecular formula is C10H7F4NO. The molecule has 0 aliphatic rings. The SMILES string of the molecule is N#CCc1ccc(F)c(OCC(F)(F)F)c1. The summed E-state index contributed by atoms with van der Waals surface area (Å²) in [7, 11) is 0. The second-order valence-corrected chi connectivity index (χ2v) is 3.00. The van der Waals surface area contributed by atoms with Gasteiger partial charge in [0, 0.05) is 0 Å². The lowest BCUT2D eigenvalue weighted by atomic mass is 10.1. The standard InChI is InChI=1S/C10H7F4NO/c11-8-2-1-7(3-4-15)5-9(8)16-6-10(12,13)14/h1-2,5H,3,6H2. The molecule has 0 N–H and O–H groups in total. The van der Waals surface area contributed by atoms with Crippen LogP contribution in [0.2, 0.25) is 0 Å². The zero-order valence-corrected chi connectivity index (χ0v) is 8.01. The summed E-state index contributed by atoms with van der Waals surface area (Å²) < 4.78 is 52.8. The molecule has 0 atom stereocenters. The highest BCUT2D eigenvalue weighted by molar-refractivity contribution is 5.31. The van der Waals surface area contributed by atoms with Gasteiger partial charge in [0.15, 0.2) is 18.2 Å². The molecule has 0 fully saturated rings. The van der Waals surface area contributed by atoms with Crippen LogP contribution in [0, 0.1) is 17.1 Å². The Morgan fingerprint density at radius 3 is 2.56 bits per heavy atom. The Bertz CT molecular complexity index is 408. The second-order valence-electron chi connectivity index (χ2n) is 3.00. The van der Waals surface area contributed by atoms with Gasteiger partial charge in [-0.3, -0.25) is 0 Å². The first kappa shape index (κ1) is 12.3. The number of benzene rings is 1. The summed E-state index contributed by atoms with van der Waals surface area (Å²) >= 11 is 0. The molecule has 1 aromatic rings. The van der Waals surface area contributed by atoms with E-state index in [4.69, 9.17) is 5.26 Å². The van der Waals surface area contributed by atoms with Crippen molar-refractivity contribution in [3.8, 4) is 11.8 Å². The van der Waals surface area contributed by atoms with E-state index in [2.05, 4.69) is 4.74 Å². The molecule has 6 heteroatoms. The lowest BCUT2D eigenvalue weighted by Gasteiger charge is -2.10. The van der Waals surface area contributed by atoms with Gasteiger partial charge in [0.1, 0.15) is 0 Å². The molecule has 16 heavy (non-hydrogen) atoms. The molecule has 2 nitrogen and oxygen atoms in total. The first-order valence-corrected chi connectivity index (χ1v) is 4.27. The third-order valence-corrected chi connectivity index (χ3v) is 1.67. The Morgan fingerprint density at radius 1 is 1.31 bits per heavy atom. The lowest BCUT2D eigenvalue weighted by Crippen LogP contribution is -2.19. The van der Waals surface area contributed by atoms with E-state index in [9.17, 15) is 17.6 Å². The normalized spacial score (nSPS) is 10.9. The van der Waals surface area contributed by atoms with Crippen LogP contribution in [0.25, 0.3) is 0 Å². The highest BCUT2D eigenvalue weighted by atomic mass is 19.4. The van der Waals surface area contributed by atoms with Crippen molar-refractivity contribution in [2.75, 3.05) is 6.61 Å². The van der Waals surface area contributed by atoms with Gasteiger partial charge in [0.25, 0.3) is 0 Å². The minimum absolute atomic E-state index is 0.0113. The lowest BCUT2D eigenvalue weighted by molar-refractivity contribution is -0.153. The summed E-state index contributed by atoms with van der Waals surface area (Å²) in [5.41, 5.74) is 0.404. The van der Waals surface area contributed by atoms with E-state index in [1.165, 1.54) is 6.07 Å². The quantitative estimate of drug-likeness (QED) is 0.752. The summed E-state index contributed by atoms with van der Waals surface area (Å²) in [6.07, 6.45) is -4.53. The van der Waals surface area contributed by atoms with Gasteiger partial charge < -0.3 is 4.74 Å². The van der Waals surface area contributed by atoms with Gasteiger partial charge in [-0.15, -0.1) is 0 Å². The predicted molar refractivity (Wildman–Crippen MR) is 47.3 cm³/mol. The molecule has 0 aliphatic heterocycles. The van der Waals surface area contributed by atoms with Gasteiger partial charge in [-0.25, -0.2) is 4.39 Å². The average Bonchev–Trinajstić information content (AvgIpc) is 2.18. The van der Waals surface area contributed by atoms with Gasteiger partial charge in [-0.1, -0.05) is 6.07 Å². The molecule has 1 aromatic carbocycles.